The highest BCUT2D eigenvalue weighted by Crippen LogP contribution is 2.40. The van der Waals surface area contributed by atoms with E-state index in [1.807, 2.05) is 29.2 Å². The van der Waals surface area contributed by atoms with E-state index in [4.69, 9.17) is 4.52 Å². The average molecular weight is 338 g/mol. The molecule has 2 aliphatic rings. The first-order valence-electron chi connectivity index (χ1n) is 8.71. The quantitative estimate of drug-likeness (QED) is 0.723. The lowest BCUT2D eigenvalue weighted by atomic mass is 10.2. The summed E-state index contributed by atoms with van der Waals surface area (Å²) < 4.78 is 7.02. The maximum absolute atomic E-state index is 12.8. The Labute approximate surface area is 143 Å². The van der Waals surface area contributed by atoms with Crippen molar-refractivity contribution in [2.75, 3.05) is 6.54 Å². The van der Waals surface area contributed by atoms with Crippen LogP contribution in [0.1, 0.15) is 49.4 Å². The van der Waals surface area contributed by atoms with Crippen LogP contribution in [-0.4, -0.2) is 42.5 Å². The van der Waals surface area contributed by atoms with Crippen LogP contribution in [0.5, 0.6) is 0 Å². The van der Waals surface area contributed by atoms with E-state index in [1.54, 1.807) is 4.68 Å². The second-order valence-electron chi connectivity index (χ2n) is 6.75. The topological polar surface area (TPSA) is 89.9 Å². The number of nitrogens with zero attached hydrogens (tertiary/aromatic N) is 6. The lowest BCUT2D eigenvalue weighted by Gasteiger charge is -2.22. The van der Waals surface area contributed by atoms with Crippen molar-refractivity contribution in [3.8, 4) is 0 Å². The second kappa shape index (κ2) is 5.65. The third kappa shape index (κ3) is 2.57. The molecule has 0 N–H and O–H groups in total. The lowest BCUT2D eigenvalue weighted by molar-refractivity contribution is -0.133. The number of rotatable bonds is 4. The summed E-state index contributed by atoms with van der Waals surface area (Å²) in [4.78, 5) is 19.2. The van der Waals surface area contributed by atoms with Gasteiger partial charge in [-0.05, 0) is 37.8 Å². The van der Waals surface area contributed by atoms with E-state index >= 15 is 0 Å². The number of aromatic nitrogens is 5. The van der Waals surface area contributed by atoms with Crippen molar-refractivity contribution in [1.82, 2.24) is 30.0 Å². The predicted molar refractivity (Wildman–Crippen MR) is 87.5 cm³/mol. The normalized spacial score (nSPS) is 20.5. The molecular formula is C17H18N6O2. The first kappa shape index (κ1) is 14.6. The molecule has 1 saturated heterocycles. The molecule has 3 aromatic rings. The second-order valence-corrected chi connectivity index (χ2v) is 6.75. The Bertz CT molecular complexity index is 928. The molecule has 2 aromatic heterocycles. The van der Waals surface area contributed by atoms with Gasteiger partial charge in [-0.25, -0.2) is 4.68 Å². The first-order chi connectivity index (χ1) is 12.3. The van der Waals surface area contributed by atoms with Gasteiger partial charge in [-0.3, -0.25) is 4.79 Å². The van der Waals surface area contributed by atoms with Gasteiger partial charge in [0.25, 0.3) is 0 Å². The highest BCUT2D eigenvalue weighted by molar-refractivity contribution is 5.80. The molecule has 1 saturated carbocycles. The SMILES string of the molecule is O=C(Cn1nnc2ccccc21)N1CCC[C@H]1c1noc(C2CC2)n1. The number of carbonyl (C=O) groups is 1. The first-order valence-corrected chi connectivity index (χ1v) is 8.71. The minimum atomic E-state index is -0.0986. The fourth-order valence-corrected chi connectivity index (χ4v) is 3.47. The number of para-hydroxylation sites is 1. The molecule has 1 atom stereocenters. The van der Waals surface area contributed by atoms with E-state index in [-0.39, 0.29) is 18.5 Å². The van der Waals surface area contributed by atoms with Gasteiger partial charge in [-0.15, -0.1) is 5.10 Å². The van der Waals surface area contributed by atoms with Gasteiger partial charge in [0.2, 0.25) is 11.8 Å². The van der Waals surface area contributed by atoms with E-state index in [9.17, 15) is 4.79 Å². The van der Waals surface area contributed by atoms with Crippen molar-refractivity contribution in [2.45, 2.75) is 44.2 Å². The van der Waals surface area contributed by atoms with E-state index < -0.39 is 0 Å². The van der Waals surface area contributed by atoms with E-state index in [2.05, 4.69) is 20.5 Å². The van der Waals surface area contributed by atoms with Crippen LogP contribution in [-0.2, 0) is 11.3 Å². The molecule has 25 heavy (non-hydrogen) atoms. The molecular weight excluding hydrogens is 320 g/mol. The Morgan fingerprint density at radius 2 is 2.12 bits per heavy atom. The zero-order chi connectivity index (χ0) is 16.8. The standard InChI is InChI=1S/C17H18N6O2/c24-15(10-23-13-5-2-1-4-12(13)19-21-23)22-9-3-6-14(22)16-18-17(25-20-16)11-7-8-11/h1-2,4-5,11,14H,3,6-10H2/t14-/m0/s1. The maximum atomic E-state index is 12.8. The monoisotopic (exact) mass is 338 g/mol. The summed E-state index contributed by atoms with van der Waals surface area (Å²) in [5.41, 5.74) is 1.66. The van der Waals surface area contributed by atoms with Crippen LogP contribution < -0.4 is 0 Å². The van der Waals surface area contributed by atoms with Crippen molar-refractivity contribution < 1.29 is 9.32 Å². The molecule has 8 nitrogen and oxygen atoms in total. The fourth-order valence-electron chi connectivity index (χ4n) is 3.47. The zero-order valence-corrected chi connectivity index (χ0v) is 13.7. The molecule has 1 amide bonds. The molecule has 0 unspecified atom stereocenters. The number of carbonyl (C=O) groups excluding carboxylic acids is 1. The molecule has 1 aromatic carbocycles. The highest BCUT2D eigenvalue weighted by atomic mass is 16.5. The molecule has 1 aliphatic heterocycles. The van der Waals surface area contributed by atoms with E-state index in [0.29, 0.717) is 18.3 Å². The Kier molecular flexibility index (Phi) is 3.29. The molecule has 2 fully saturated rings. The summed E-state index contributed by atoms with van der Waals surface area (Å²) in [5.74, 6) is 1.79. The summed E-state index contributed by atoms with van der Waals surface area (Å²) in [6.45, 7) is 0.883. The molecule has 8 heteroatoms. The molecule has 0 bridgehead atoms. The Balaban J connectivity index is 1.36. The van der Waals surface area contributed by atoms with Gasteiger partial charge in [0.15, 0.2) is 5.82 Å². The molecule has 5 rings (SSSR count). The van der Waals surface area contributed by atoms with Crippen LogP contribution in [0.4, 0.5) is 0 Å². The number of benzene rings is 1. The highest BCUT2D eigenvalue weighted by Gasteiger charge is 2.36. The number of amides is 1. The Hall–Kier alpha value is -2.77. The van der Waals surface area contributed by atoms with Crippen molar-refractivity contribution >= 4 is 16.9 Å². The van der Waals surface area contributed by atoms with Crippen LogP contribution in [0.15, 0.2) is 28.8 Å². The van der Waals surface area contributed by atoms with Gasteiger partial charge in [0.1, 0.15) is 12.1 Å². The van der Waals surface area contributed by atoms with Crippen LogP contribution >= 0.6 is 0 Å². The third-order valence-electron chi connectivity index (χ3n) is 4.96. The zero-order valence-electron chi connectivity index (χ0n) is 13.7. The molecule has 0 radical (unpaired) electrons. The van der Waals surface area contributed by atoms with Gasteiger partial charge < -0.3 is 9.42 Å². The average Bonchev–Trinajstić information content (AvgIpc) is 3.04. The Morgan fingerprint density at radius 1 is 1.24 bits per heavy atom. The van der Waals surface area contributed by atoms with Crippen LogP contribution in [0.2, 0.25) is 0 Å². The fraction of sp³-hybridized carbons (Fsp3) is 0.471. The smallest absolute Gasteiger partial charge is 0.245 e. The van der Waals surface area contributed by atoms with Crippen molar-refractivity contribution in [3.05, 3.63) is 36.0 Å². The van der Waals surface area contributed by atoms with Crippen molar-refractivity contribution in [1.29, 1.82) is 0 Å². The van der Waals surface area contributed by atoms with Crippen molar-refractivity contribution in [2.24, 2.45) is 0 Å². The molecule has 0 spiro atoms. The molecule has 1 aliphatic carbocycles. The number of likely N-dealkylation sites (tertiary alicyclic amines) is 1. The Morgan fingerprint density at radius 3 is 3.00 bits per heavy atom. The third-order valence-corrected chi connectivity index (χ3v) is 4.96. The minimum Gasteiger partial charge on any atom is -0.339 e. The minimum absolute atomic E-state index is 0.0101. The number of hydrogen-bond acceptors (Lipinski definition) is 6. The summed E-state index contributed by atoms with van der Waals surface area (Å²) >= 11 is 0. The maximum Gasteiger partial charge on any atom is 0.245 e. The number of hydrogen-bond donors (Lipinski definition) is 0. The van der Waals surface area contributed by atoms with Gasteiger partial charge in [0.05, 0.1) is 11.6 Å². The number of fused-ring (bicyclic) bond motifs is 1. The van der Waals surface area contributed by atoms with Crippen LogP contribution in [0.25, 0.3) is 11.0 Å². The summed E-state index contributed by atoms with van der Waals surface area (Å²) in [6.07, 6.45) is 4.05. The van der Waals surface area contributed by atoms with E-state index in [0.717, 1.165) is 42.6 Å². The van der Waals surface area contributed by atoms with Gasteiger partial charge in [-0.1, -0.05) is 22.5 Å². The van der Waals surface area contributed by atoms with Gasteiger partial charge >= 0.3 is 0 Å². The van der Waals surface area contributed by atoms with E-state index in [1.165, 1.54) is 0 Å². The van der Waals surface area contributed by atoms with Gasteiger partial charge in [-0.2, -0.15) is 4.98 Å². The summed E-state index contributed by atoms with van der Waals surface area (Å²) in [7, 11) is 0. The van der Waals surface area contributed by atoms with Crippen LogP contribution in [0, 0.1) is 0 Å². The summed E-state index contributed by atoms with van der Waals surface area (Å²) in [5, 5.41) is 12.3. The predicted octanol–water partition coefficient (Wildman–Crippen LogP) is 2.06. The summed E-state index contributed by atoms with van der Waals surface area (Å²) in [6, 6.07) is 7.54. The van der Waals surface area contributed by atoms with Gasteiger partial charge in [0, 0.05) is 12.5 Å². The molecule has 3 heterocycles. The lowest BCUT2D eigenvalue weighted by Crippen LogP contribution is -2.34. The largest absolute Gasteiger partial charge is 0.339 e. The molecule has 128 valence electrons. The van der Waals surface area contributed by atoms with Crippen LogP contribution in [0.3, 0.4) is 0 Å². The van der Waals surface area contributed by atoms with Crippen molar-refractivity contribution in [3.63, 3.8) is 0 Å².